The fraction of sp³-hybridized carbons (Fsp3) is 0.333. The summed E-state index contributed by atoms with van der Waals surface area (Å²) in [7, 11) is 0. The minimum absolute atomic E-state index is 0.0435. The van der Waals surface area contributed by atoms with Gasteiger partial charge < -0.3 is 5.32 Å². The first kappa shape index (κ1) is 13.3. The molecule has 1 heterocycles. The van der Waals surface area contributed by atoms with E-state index in [2.05, 4.69) is 17.3 Å². The third-order valence-corrected chi connectivity index (χ3v) is 3.04. The molecule has 0 saturated heterocycles. The zero-order chi connectivity index (χ0) is 13.7. The molecule has 0 spiro atoms. The van der Waals surface area contributed by atoms with Gasteiger partial charge in [0, 0.05) is 12.2 Å². The molecule has 2 aromatic rings. The van der Waals surface area contributed by atoms with E-state index in [1.807, 2.05) is 43.5 Å². The third-order valence-electron chi connectivity index (χ3n) is 3.04. The quantitative estimate of drug-likeness (QED) is 0.893. The average Bonchev–Trinajstić information content (AvgIpc) is 2.88. The minimum atomic E-state index is 0.0435. The highest BCUT2D eigenvalue weighted by atomic mass is 16.1. The number of hydrogen-bond acceptors (Lipinski definition) is 2. The van der Waals surface area contributed by atoms with Gasteiger partial charge in [0.1, 0.15) is 0 Å². The van der Waals surface area contributed by atoms with Crippen LogP contribution in [0.2, 0.25) is 0 Å². The summed E-state index contributed by atoms with van der Waals surface area (Å²) in [5, 5.41) is 7.23. The molecule has 19 heavy (non-hydrogen) atoms. The second-order valence-corrected chi connectivity index (χ2v) is 4.68. The van der Waals surface area contributed by atoms with Crippen molar-refractivity contribution in [3.63, 3.8) is 0 Å². The maximum absolute atomic E-state index is 11.8. The van der Waals surface area contributed by atoms with Crippen molar-refractivity contribution in [2.75, 3.05) is 0 Å². The number of amides is 1. The van der Waals surface area contributed by atoms with E-state index in [-0.39, 0.29) is 11.9 Å². The van der Waals surface area contributed by atoms with Gasteiger partial charge in [-0.05, 0) is 31.0 Å². The van der Waals surface area contributed by atoms with Gasteiger partial charge in [-0.1, -0.05) is 25.1 Å². The molecule has 0 aliphatic rings. The van der Waals surface area contributed by atoms with Crippen molar-refractivity contribution in [2.24, 2.45) is 0 Å². The topological polar surface area (TPSA) is 46.9 Å². The normalized spacial score (nSPS) is 12.1. The van der Waals surface area contributed by atoms with Crippen LogP contribution in [0.25, 0.3) is 5.69 Å². The van der Waals surface area contributed by atoms with Crippen LogP contribution in [-0.4, -0.2) is 21.7 Å². The van der Waals surface area contributed by atoms with Crippen molar-refractivity contribution in [1.29, 1.82) is 0 Å². The third kappa shape index (κ3) is 3.68. The van der Waals surface area contributed by atoms with Crippen LogP contribution in [0.15, 0.2) is 42.7 Å². The van der Waals surface area contributed by atoms with Crippen LogP contribution in [0.1, 0.15) is 25.8 Å². The molecule has 1 aromatic carbocycles. The molecule has 1 N–H and O–H groups in total. The monoisotopic (exact) mass is 257 g/mol. The van der Waals surface area contributed by atoms with E-state index in [0.29, 0.717) is 6.42 Å². The minimum Gasteiger partial charge on any atom is -0.353 e. The van der Waals surface area contributed by atoms with E-state index in [1.165, 1.54) is 0 Å². The van der Waals surface area contributed by atoms with Crippen molar-refractivity contribution >= 4 is 5.91 Å². The first-order chi connectivity index (χ1) is 9.19. The van der Waals surface area contributed by atoms with Crippen LogP contribution in [0.3, 0.4) is 0 Å². The van der Waals surface area contributed by atoms with Crippen LogP contribution in [0.4, 0.5) is 0 Å². The zero-order valence-electron chi connectivity index (χ0n) is 11.3. The summed E-state index contributed by atoms with van der Waals surface area (Å²) in [5.74, 6) is 0.0435. The Kier molecular flexibility index (Phi) is 4.34. The summed E-state index contributed by atoms with van der Waals surface area (Å²) >= 11 is 0. The molecule has 2 rings (SSSR count). The number of rotatable bonds is 5. The Morgan fingerprint density at radius 2 is 2.11 bits per heavy atom. The molecule has 100 valence electrons. The van der Waals surface area contributed by atoms with Crippen LogP contribution >= 0.6 is 0 Å². The Labute approximate surface area is 113 Å². The summed E-state index contributed by atoms with van der Waals surface area (Å²) in [6.07, 6.45) is 4.95. The molecule has 1 atom stereocenters. The molecule has 0 saturated carbocycles. The highest BCUT2D eigenvalue weighted by Crippen LogP contribution is 2.08. The standard InChI is InChI=1S/C15H19N3O/c1-3-12(2)17-15(19)9-13-10-16-18(11-13)14-7-5-4-6-8-14/h4-8,10-12H,3,9H2,1-2H3,(H,17,19). The van der Waals surface area contributed by atoms with E-state index >= 15 is 0 Å². The van der Waals surface area contributed by atoms with E-state index in [1.54, 1.807) is 10.9 Å². The van der Waals surface area contributed by atoms with Crippen molar-refractivity contribution in [3.8, 4) is 5.69 Å². The Balaban J connectivity index is 2.00. The molecule has 0 fully saturated rings. The first-order valence-corrected chi connectivity index (χ1v) is 6.57. The summed E-state index contributed by atoms with van der Waals surface area (Å²) in [5.41, 5.74) is 1.92. The van der Waals surface area contributed by atoms with Crippen molar-refractivity contribution in [1.82, 2.24) is 15.1 Å². The Hall–Kier alpha value is -2.10. The largest absolute Gasteiger partial charge is 0.353 e. The molecule has 1 amide bonds. The molecular formula is C15H19N3O. The fourth-order valence-electron chi connectivity index (χ4n) is 1.79. The van der Waals surface area contributed by atoms with Gasteiger partial charge in [-0.2, -0.15) is 5.10 Å². The summed E-state index contributed by atoms with van der Waals surface area (Å²) in [4.78, 5) is 11.8. The molecule has 0 aliphatic heterocycles. The average molecular weight is 257 g/mol. The van der Waals surface area contributed by atoms with Gasteiger partial charge in [0.2, 0.25) is 5.91 Å². The van der Waals surface area contributed by atoms with Gasteiger partial charge in [-0.3, -0.25) is 4.79 Å². The number of benzene rings is 1. The van der Waals surface area contributed by atoms with Gasteiger partial charge in [0.15, 0.2) is 0 Å². The SMILES string of the molecule is CCC(C)NC(=O)Cc1cnn(-c2ccccc2)c1. The molecule has 1 unspecified atom stereocenters. The second kappa shape index (κ2) is 6.18. The summed E-state index contributed by atoms with van der Waals surface area (Å²) in [6.45, 7) is 4.06. The maximum atomic E-state index is 11.8. The lowest BCUT2D eigenvalue weighted by Gasteiger charge is -2.10. The second-order valence-electron chi connectivity index (χ2n) is 4.68. The molecule has 4 heteroatoms. The summed E-state index contributed by atoms with van der Waals surface area (Å²) < 4.78 is 1.78. The molecule has 0 radical (unpaired) electrons. The zero-order valence-corrected chi connectivity index (χ0v) is 11.3. The van der Waals surface area contributed by atoms with Gasteiger partial charge in [-0.25, -0.2) is 4.68 Å². The highest BCUT2D eigenvalue weighted by molar-refractivity contribution is 5.78. The van der Waals surface area contributed by atoms with Crippen LogP contribution < -0.4 is 5.32 Å². The van der Waals surface area contributed by atoms with Crippen molar-refractivity contribution < 1.29 is 4.79 Å². The van der Waals surface area contributed by atoms with E-state index < -0.39 is 0 Å². The maximum Gasteiger partial charge on any atom is 0.224 e. The van der Waals surface area contributed by atoms with Gasteiger partial charge in [0.05, 0.1) is 18.3 Å². The van der Waals surface area contributed by atoms with Gasteiger partial charge in [0.25, 0.3) is 0 Å². The Morgan fingerprint density at radius 1 is 1.37 bits per heavy atom. The smallest absolute Gasteiger partial charge is 0.224 e. The number of aromatic nitrogens is 2. The predicted octanol–water partition coefficient (Wildman–Crippen LogP) is 2.33. The number of nitrogens with one attached hydrogen (secondary N) is 1. The lowest BCUT2D eigenvalue weighted by Crippen LogP contribution is -2.33. The van der Waals surface area contributed by atoms with E-state index in [9.17, 15) is 4.79 Å². The van der Waals surface area contributed by atoms with E-state index in [4.69, 9.17) is 0 Å². The molecule has 1 aromatic heterocycles. The lowest BCUT2D eigenvalue weighted by atomic mass is 10.2. The fourth-order valence-corrected chi connectivity index (χ4v) is 1.79. The van der Waals surface area contributed by atoms with Crippen LogP contribution in [0.5, 0.6) is 0 Å². The van der Waals surface area contributed by atoms with Crippen LogP contribution in [0, 0.1) is 0 Å². The number of carbonyl (C=O) groups excluding carboxylic acids is 1. The molecular weight excluding hydrogens is 238 g/mol. The summed E-state index contributed by atoms with van der Waals surface area (Å²) in [6, 6.07) is 10.1. The van der Waals surface area contributed by atoms with Crippen molar-refractivity contribution in [2.45, 2.75) is 32.7 Å². The lowest BCUT2D eigenvalue weighted by molar-refractivity contribution is -0.121. The first-order valence-electron chi connectivity index (χ1n) is 6.57. The number of nitrogens with zero attached hydrogens (tertiary/aromatic N) is 2. The molecule has 0 aliphatic carbocycles. The van der Waals surface area contributed by atoms with Gasteiger partial charge >= 0.3 is 0 Å². The van der Waals surface area contributed by atoms with Crippen LogP contribution in [-0.2, 0) is 11.2 Å². The Bertz CT molecular complexity index is 533. The van der Waals surface area contributed by atoms with Crippen molar-refractivity contribution in [3.05, 3.63) is 48.3 Å². The van der Waals surface area contributed by atoms with E-state index in [0.717, 1.165) is 17.7 Å². The number of carbonyl (C=O) groups is 1. The number of hydrogen-bond donors (Lipinski definition) is 1. The number of para-hydroxylation sites is 1. The molecule has 4 nitrogen and oxygen atoms in total. The predicted molar refractivity (Wildman–Crippen MR) is 75.2 cm³/mol. The molecule has 0 bridgehead atoms. The van der Waals surface area contributed by atoms with Gasteiger partial charge in [-0.15, -0.1) is 0 Å². The Morgan fingerprint density at radius 3 is 2.79 bits per heavy atom. The highest BCUT2D eigenvalue weighted by Gasteiger charge is 2.08.